The van der Waals surface area contributed by atoms with Gasteiger partial charge < -0.3 is 8.92 Å². The van der Waals surface area contributed by atoms with Crippen LogP contribution in [0.1, 0.15) is 23.6 Å². The second-order valence-corrected chi connectivity index (χ2v) is 9.64. The first-order valence-corrected chi connectivity index (χ1v) is 12.0. The Morgan fingerprint density at radius 2 is 1.77 bits per heavy atom. The molecule has 0 aromatic heterocycles. The maximum absolute atomic E-state index is 12.7. The van der Waals surface area contributed by atoms with Crippen molar-refractivity contribution in [2.24, 2.45) is 4.99 Å². The Bertz CT molecular complexity index is 1230. The van der Waals surface area contributed by atoms with Crippen molar-refractivity contribution in [3.05, 3.63) is 80.8 Å². The number of halogens is 2. The van der Waals surface area contributed by atoms with Crippen LogP contribution < -0.4 is 8.92 Å². The minimum absolute atomic E-state index is 0.0644. The fraction of sp³-hybridized carbons (Fsp3) is 0.174. The third-order valence-corrected chi connectivity index (χ3v) is 6.42. The molecule has 0 fully saturated rings. The Kier molecular flexibility index (Phi) is 7.41. The van der Waals surface area contributed by atoms with Crippen molar-refractivity contribution < 1.29 is 17.3 Å². The highest BCUT2D eigenvalue weighted by molar-refractivity contribution is 9.10. The largest absolute Gasteiger partial charge is 0.490 e. The van der Waals surface area contributed by atoms with E-state index in [1.807, 2.05) is 26.8 Å². The molecule has 0 amide bonds. The summed E-state index contributed by atoms with van der Waals surface area (Å²) in [6.07, 6.45) is 1.66. The van der Waals surface area contributed by atoms with Crippen molar-refractivity contribution in [1.82, 2.24) is 0 Å². The molecule has 0 N–H and O–H groups in total. The SMILES string of the molecule is CCOc1cc(C=Nc2cc(Cl)ccc2C)cc(Br)c1OS(=O)(=O)c1ccc(C)cc1. The van der Waals surface area contributed by atoms with Crippen LogP contribution in [0, 0.1) is 13.8 Å². The van der Waals surface area contributed by atoms with Crippen molar-refractivity contribution in [2.75, 3.05) is 6.61 Å². The summed E-state index contributed by atoms with van der Waals surface area (Å²) in [7, 11) is -4.03. The zero-order chi connectivity index (χ0) is 22.6. The molecule has 8 heteroatoms. The molecule has 3 aromatic rings. The van der Waals surface area contributed by atoms with E-state index in [2.05, 4.69) is 20.9 Å². The van der Waals surface area contributed by atoms with Gasteiger partial charge in [-0.1, -0.05) is 35.4 Å². The fourth-order valence-corrected chi connectivity index (χ4v) is 4.51. The normalized spacial score (nSPS) is 11.6. The predicted molar refractivity (Wildman–Crippen MR) is 128 cm³/mol. The van der Waals surface area contributed by atoms with E-state index in [0.29, 0.717) is 21.7 Å². The Labute approximate surface area is 195 Å². The number of benzene rings is 3. The first-order chi connectivity index (χ1) is 14.7. The molecule has 0 aliphatic carbocycles. The van der Waals surface area contributed by atoms with Gasteiger partial charge in [-0.3, -0.25) is 4.99 Å². The van der Waals surface area contributed by atoms with Gasteiger partial charge in [0.1, 0.15) is 4.90 Å². The van der Waals surface area contributed by atoms with Crippen LogP contribution in [0.2, 0.25) is 5.02 Å². The lowest BCUT2D eigenvalue weighted by Crippen LogP contribution is -2.11. The van der Waals surface area contributed by atoms with Gasteiger partial charge in [0, 0.05) is 11.2 Å². The maximum Gasteiger partial charge on any atom is 0.339 e. The van der Waals surface area contributed by atoms with Gasteiger partial charge in [0.05, 0.1) is 16.8 Å². The van der Waals surface area contributed by atoms with Crippen LogP contribution in [0.15, 0.2) is 69.0 Å². The third-order valence-electron chi connectivity index (χ3n) is 4.36. The van der Waals surface area contributed by atoms with E-state index >= 15 is 0 Å². The van der Waals surface area contributed by atoms with Gasteiger partial charge in [-0.25, -0.2) is 0 Å². The lowest BCUT2D eigenvalue weighted by atomic mass is 10.2. The average Bonchev–Trinajstić information content (AvgIpc) is 2.71. The smallest absolute Gasteiger partial charge is 0.339 e. The molecule has 3 rings (SSSR count). The minimum Gasteiger partial charge on any atom is -0.490 e. The van der Waals surface area contributed by atoms with Crippen LogP contribution in [0.4, 0.5) is 5.69 Å². The lowest BCUT2D eigenvalue weighted by molar-refractivity contribution is 0.327. The molecule has 5 nitrogen and oxygen atoms in total. The average molecular weight is 523 g/mol. The van der Waals surface area contributed by atoms with Gasteiger partial charge in [-0.2, -0.15) is 8.42 Å². The van der Waals surface area contributed by atoms with E-state index in [1.165, 1.54) is 12.1 Å². The van der Waals surface area contributed by atoms with Gasteiger partial charge >= 0.3 is 10.1 Å². The van der Waals surface area contributed by atoms with Crippen molar-refractivity contribution >= 4 is 49.6 Å². The molecule has 3 aromatic carbocycles. The molecule has 0 aliphatic heterocycles. The summed E-state index contributed by atoms with van der Waals surface area (Å²) in [5.41, 5.74) is 3.38. The second kappa shape index (κ2) is 9.85. The number of rotatable bonds is 7. The van der Waals surface area contributed by atoms with Gasteiger partial charge in [0.2, 0.25) is 0 Å². The van der Waals surface area contributed by atoms with E-state index in [0.717, 1.165) is 16.8 Å². The molecule has 0 unspecified atom stereocenters. The molecule has 0 aliphatic rings. The fourth-order valence-electron chi connectivity index (χ4n) is 2.73. The molecule has 0 saturated heterocycles. The molecule has 0 saturated carbocycles. The number of hydrogen-bond donors (Lipinski definition) is 0. The van der Waals surface area contributed by atoms with Crippen LogP contribution in [0.5, 0.6) is 11.5 Å². The standard InChI is InChI=1S/C23H21BrClNO4S/c1-4-29-22-12-17(14-26-21-13-18(25)8-7-16(21)3)11-20(24)23(22)30-31(27,28)19-9-5-15(2)6-10-19/h5-14H,4H2,1-3H3. The highest BCUT2D eigenvalue weighted by atomic mass is 79.9. The molecular weight excluding hydrogens is 502 g/mol. The summed E-state index contributed by atoms with van der Waals surface area (Å²) in [6.45, 7) is 5.97. The summed E-state index contributed by atoms with van der Waals surface area (Å²) in [5.74, 6) is 0.371. The second-order valence-electron chi connectivity index (χ2n) is 6.80. The summed E-state index contributed by atoms with van der Waals surface area (Å²) in [6, 6.07) is 15.3. The highest BCUT2D eigenvalue weighted by Gasteiger charge is 2.22. The van der Waals surface area contributed by atoms with E-state index < -0.39 is 10.1 Å². The number of ether oxygens (including phenoxy) is 1. The number of aryl methyl sites for hydroxylation is 2. The van der Waals surface area contributed by atoms with Crippen LogP contribution in [-0.4, -0.2) is 21.2 Å². The van der Waals surface area contributed by atoms with E-state index in [1.54, 1.807) is 42.6 Å². The first-order valence-electron chi connectivity index (χ1n) is 9.47. The molecule has 162 valence electrons. The molecule has 0 atom stereocenters. The summed E-state index contributed by atoms with van der Waals surface area (Å²) >= 11 is 9.46. The Morgan fingerprint density at radius 1 is 1.06 bits per heavy atom. The minimum atomic E-state index is -4.03. The van der Waals surface area contributed by atoms with Crippen LogP contribution in [0.3, 0.4) is 0 Å². The molecule has 31 heavy (non-hydrogen) atoms. The van der Waals surface area contributed by atoms with Gasteiger partial charge in [-0.05, 0) is 84.2 Å². The quantitative estimate of drug-likeness (QED) is 0.258. The number of nitrogens with zero attached hydrogens (tertiary/aromatic N) is 1. The molecule has 0 bridgehead atoms. The predicted octanol–water partition coefficient (Wildman–Crippen LogP) is 6.64. The van der Waals surface area contributed by atoms with Gasteiger partial charge in [0.25, 0.3) is 0 Å². The zero-order valence-corrected chi connectivity index (χ0v) is 20.4. The Hall–Kier alpha value is -2.35. The first kappa shape index (κ1) is 23.3. The molecule has 0 spiro atoms. The highest BCUT2D eigenvalue weighted by Crippen LogP contribution is 2.38. The van der Waals surface area contributed by atoms with Crippen LogP contribution >= 0.6 is 27.5 Å². The van der Waals surface area contributed by atoms with Crippen LogP contribution in [-0.2, 0) is 10.1 Å². The van der Waals surface area contributed by atoms with E-state index in [9.17, 15) is 8.42 Å². The monoisotopic (exact) mass is 521 g/mol. The van der Waals surface area contributed by atoms with E-state index in [-0.39, 0.29) is 16.4 Å². The topological polar surface area (TPSA) is 65.0 Å². The summed E-state index contributed by atoms with van der Waals surface area (Å²) in [4.78, 5) is 4.56. The number of aliphatic imine (C=N–C) groups is 1. The van der Waals surface area contributed by atoms with E-state index in [4.69, 9.17) is 20.5 Å². The zero-order valence-electron chi connectivity index (χ0n) is 17.2. The van der Waals surface area contributed by atoms with Gasteiger partial charge in [0.15, 0.2) is 11.5 Å². The molecule has 0 radical (unpaired) electrons. The Balaban J connectivity index is 1.96. The molecule has 0 heterocycles. The van der Waals surface area contributed by atoms with Gasteiger partial charge in [-0.15, -0.1) is 0 Å². The molecular formula is C23H21BrClNO4S. The van der Waals surface area contributed by atoms with Crippen molar-refractivity contribution in [1.29, 1.82) is 0 Å². The van der Waals surface area contributed by atoms with Crippen molar-refractivity contribution in [3.8, 4) is 11.5 Å². The summed E-state index contributed by atoms with van der Waals surface area (Å²) in [5, 5.41) is 0.596. The van der Waals surface area contributed by atoms with Crippen LogP contribution in [0.25, 0.3) is 0 Å². The maximum atomic E-state index is 12.7. The van der Waals surface area contributed by atoms with Crippen molar-refractivity contribution in [3.63, 3.8) is 0 Å². The Morgan fingerprint density at radius 3 is 2.45 bits per heavy atom. The summed E-state index contributed by atoms with van der Waals surface area (Å²) < 4.78 is 37.0. The lowest BCUT2D eigenvalue weighted by Gasteiger charge is -2.14. The third kappa shape index (κ3) is 5.87. The van der Waals surface area contributed by atoms with Crippen molar-refractivity contribution in [2.45, 2.75) is 25.7 Å². The number of hydrogen-bond acceptors (Lipinski definition) is 5.